The molecule has 2 fully saturated rings. The number of halogens is 1. The molecule has 0 bridgehead atoms. The largest absolute Gasteiger partial charge is 0.371 e. The van der Waals surface area contributed by atoms with Gasteiger partial charge in [-0.3, -0.25) is 0 Å². The van der Waals surface area contributed by atoms with Crippen LogP contribution in [0.2, 0.25) is 0 Å². The Kier molecular flexibility index (Phi) is 3.50. The number of benzene rings is 1. The third-order valence-corrected chi connectivity index (χ3v) is 4.19. The van der Waals surface area contributed by atoms with Crippen molar-refractivity contribution in [2.75, 3.05) is 31.1 Å². The second-order valence-corrected chi connectivity index (χ2v) is 5.44. The molecule has 1 unspecified atom stereocenters. The first kappa shape index (κ1) is 12.0. The molecule has 0 spiro atoms. The maximum absolute atomic E-state index is 13.5. The van der Waals surface area contributed by atoms with Crippen LogP contribution in [-0.2, 0) is 0 Å². The molecule has 1 atom stereocenters. The summed E-state index contributed by atoms with van der Waals surface area (Å²) in [6, 6.07) is 5.34. The topological polar surface area (TPSA) is 15.3 Å². The van der Waals surface area contributed by atoms with Crippen LogP contribution in [0.4, 0.5) is 10.1 Å². The van der Waals surface area contributed by atoms with E-state index in [1.54, 1.807) is 12.1 Å². The summed E-state index contributed by atoms with van der Waals surface area (Å²) < 4.78 is 13.5. The Morgan fingerprint density at radius 3 is 2.72 bits per heavy atom. The van der Waals surface area contributed by atoms with Crippen LogP contribution in [0, 0.1) is 5.82 Å². The lowest BCUT2D eigenvalue weighted by Gasteiger charge is -2.31. The number of nitrogens with zero attached hydrogens (tertiary/aromatic N) is 1. The highest BCUT2D eigenvalue weighted by molar-refractivity contribution is 5.56. The zero-order valence-corrected chi connectivity index (χ0v) is 10.8. The molecule has 18 heavy (non-hydrogen) atoms. The van der Waals surface area contributed by atoms with Crippen molar-refractivity contribution >= 4 is 5.69 Å². The average Bonchev–Trinajstić information content (AvgIpc) is 2.93. The van der Waals surface area contributed by atoms with Crippen LogP contribution in [-0.4, -0.2) is 26.2 Å². The molecule has 1 aromatic carbocycles. The average molecular weight is 248 g/mol. The van der Waals surface area contributed by atoms with Crippen LogP contribution < -0.4 is 10.2 Å². The minimum absolute atomic E-state index is 0.0994. The SMILES string of the molecule is Fc1ccc(N2CCCCC2)c(C2CCNC2)c1. The van der Waals surface area contributed by atoms with E-state index >= 15 is 0 Å². The number of anilines is 1. The summed E-state index contributed by atoms with van der Waals surface area (Å²) in [5.41, 5.74) is 2.48. The van der Waals surface area contributed by atoms with Crippen molar-refractivity contribution in [3.8, 4) is 0 Å². The van der Waals surface area contributed by atoms with Crippen LogP contribution in [0.3, 0.4) is 0 Å². The van der Waals surface area contributed by atoms with Crippen molar-refractivity contribution in [2.24, 2.45) is 0 Å². The quantitative estimate of drug-likeness (QED) is 0.865. The first-order chi connectivity index (χ1) is 8.84. The monoisotopic (exact) mass is 248 g/mol. The van der Waals surface area contributed by atoms with Gasteiger partial charge in [-0.1, -0.05) is 0 Å². The van der Waals surface area contributed by atoms with Gasteiger partial charge in [0.05, 0.1) is 0 Å². The summed E-state index contributed by atoms with van der Waals surface area (Å²) in [7, 11) is 0. The summed E-state index contributed by atoms with van der Waals surface area (Å²) >= 11 is 0. The highest BCUT2D eigenvalue weighted by Crippen LogP contribution is 2.33. The van der Waals surface area contributed by atoms with E-state index in [0.717, 1.165) is 32.6 Å². The molecular formula is C15H21FN2. The van der Waals surface area contributed by atoms with Crippen molar-refractivity contribution in [3.05, 3.63) is 29.6 Å². The maximum Gasteiger partial charge on any atom is 0.123 e. The van der Waals surface area contributed by atoms with E-state index in [1.165, 1.54) is 30.5 Å². The Hall–Kier alpha value is -1.09. The van der Waals surface area contributed by atoms with Crippen molar-refractivity contribution in [1.29, 1.82) is 0 Å². The molecule has 3 rings (SSSR count). The first-order valence-corrected chi connectivity index (χ1v) is 7.10. The van der Waals surface area contributed by atoms with E-state index in [4.69, 9.17) is 0 Å². The number of hydrogen-bond donors (Lipinski definition) is 1. The summed E-state index contributed by atoms with van der Waals surface area (Å²) in [6.45, 7) is 4.29. The van der Waals surface area contributed by atoms with E-state index in [2.05, 4.69) is 10.2 Å². The van der Waals surface area contributed by atoms with Crippen molar-refractivity contribution in [3.63, 3.8) is 0 Å². The first-order valence-electron chi connectivity index (χ1n) is 7.10. The van der Waals surface area contributed by atoms with Gasteiger partial charge in [-0.15, -0.1) is 0 Å². The highest BCUT2D eigenvalue weighted by atomic mass is 19.1. The lowest BCUT2D eigenvalue weighted by Crippen LogP contribution is -2.30. The van der Waals surface area contributed by atoms with Gasteiger partial charge in [-0.2, -0.15) is 0 Å². The van der Waals surface area contributed by atoms with Gasteiger partial charge in [0.15, 0.2) is 0 Å². The van der Waals surface area contributed by atoms with E-state index in [-0.39, 0.29) is 5.82 Å². The van der Waals surface area contributed by atoms with Crippen molar-refractivity contribution in [1.82, 2.24) is 5.32 Å². The third kappa shape index (κ3) is 2.37. The van der Waals surface area contributed by atoms with Crippen LogP contribution >= 0.6 is 0 Å². The molecule has 3 heteroatoms. The maximum atomic E-state index is 13.5. The van der Waals surface area contributed by atoms with Crippen molar-refractivity contribution < 1.29 is 4.39 Å². The number of hydrogen-bond acceptors (Lipinski definition) is 2. The van der Waals surface area contributed by atoms with Crippen LogP contribution in [0.1, 0.15) is 37.2 Å². The summed E-state index contributed by atoms with van der Waals surface area (Å²) in [6.07, 6.45) is 4.99. The summed E-state index contributed by atoms with van der Waals surface area (Å²) in [5, 5.41) is 3.38. The van der Waals surface area contributed by atoms with E-state index in [9.17, 15) is 4.39 Å². The molecule has 98 valence electrons. The fraction of sp³-hybridized carbons (Fsp3) is 0.600. The van der Waals surface area contributed by atoms with Gasteiger partial charge in [0.2, 0.25) is 0 Å². The van der Waals surface area contributed by atoms with Gasteiger partial charge in [0, 0.05) is 25.3 Å². The number of rotatable bonds is 2. The molecule has 2 saturated heterocycles. The van der Waals surface area contributed by atoms with Crippen LogP contribution in [0.15, 0.2) is 18.2 Å². The lowest BCUT2D eigenvalue weighted by molar-refractivity contribution is 0.571. The Bertz CT molecular complexity index is 407. The van der Waals surface area contributed by atoms with Crippen LogP contribution in [0.5, 0.6) is 0 Å². The van der Waals surface area contributed by atoms with Crippen molar-refractivity contribution in [2.45, 2.75) is 31.6 Å². The van der Waals surface area contributed by atoms with Gasteiger partial charge in [-0.05, 0) is 61.9 Å². The molecule has 0 aromatic heterocycles. The predicted octanol–water partition coefficient (Wildman–Crippen LogP) is 2.89. The van der Waals surface area contributed by atoms with Crippen LogP contribution in [0.25, 0.3) is 0 Å². The molecule has 1 N–H and O–H groups in total. The van der Waals surface area contributed by atoms with E-state index < -0.39 is 0 Å². The molecule has 0 saturated carbocycles. The summed E-state index contributed by atoms with van der Waals surface area (Å²) in [5.74, 6) is 0.385. The molecular weight excluding hydrogens is 227 g/mol. The second-order valence-electron chi connectivity index (χ2n) is 5.44. The fourth-order valence-electron chi connectivity index (χ4n) is 3.20. The fourth-order valence-corrected chi connectivity index (χ4v) is 3.20. The molecule has 2 nitrogen and oxygen atoms in total. The van der Waals surface area contributed by atoms with Gasteiger partial charge >= 0.3 is 0 Å². The zero-order chi connectivity index (χ0) is 12.4. The van der Waals surface area contributed by atoms with E-state index in [1.807, 2.05) is 6.07 Å². The van der Waals surface area contributed by atoms with Gasteiger partial charge in [-0.25, -0.2) is 4.39 Å². The minimum atomic E-state index is -0.0994. The smallest absolute Gasteiger partial charge is 0.123 e. The Balaban J connectivity index is 1.91. The Labute approximate surface area is 108 Å². The molecule has 1 aromatic rings. The summed E-state index contributed by atoms with van der Waals surface area (Å²) in [4.78, 5) is 2.44. The zero-order valence-electron chi connectivity index (χ0n) is 10.8. The van der Waals surface area contributed by atoms with Gasteiger partial charge < -0.3 is 10.2 Å². The standard InChI is InChI=1S/C15H21FN2/c16-13-4-5-15(18-8-2-1-3-9-18)14(10-13)12-6-7-17-11-12/h4-5,10,12,17H,1-3,6-9,11H2. The number of nitrogens with one attached hydrogen (secondary N) is 1. The molecule has 2 heterocycles. The highest BCUT2D eigenvalue weighted by Gasteiger charge is 2.23. The lowest BCUT2D eigenvalue weighted by atomic mass is 9.95. The molecule has 2 aliphatic heterocycles. The molecule has 0 radical (unpaired) electrons. The van der Waals surface area contributed by atoms with E-state index in [0.29, 0.717) is 5.92 Å². The number of piperidine rings is 1. The Morgan fingerprint density at radius 2 is 2.00 bits per heavy atom. The normalized spacial score (nSPS) is 24.5. The molecule has 0 aliphatic carbocycles. The second kappa shape index (κ2) is 5.27. The van der Waals surface area contributed by atoms with Gasteiger partial charge in [0.1, 0.15) is 5.82 Å². The predicted molar refractivity (Wildman–Crippen MR) is 72.7 cm³/mol. The Morgan fingerprint density at radius 1 is 1.17 bits per heavy atom. The molecule has 0 amide bonds. The third-order valence-electron chi connectivity index (χ3n) is 4.19. The van der Waals surface area contributed by atoms with Gasteiger partial charge in [0.25, 0.3) is 0 Å². The minimum Gasteiger partial charge on any atom is -0.371 e. The molecule has 2 aliphatic rings.